The van der Waals surface area contributed by atoms with Gasteiger partial charge >= 0.3 is 5.97 Å². The summed E-state index contributed by atoms with van der Waals surface area (Å²) in [5.41, 5.74) is 0.0470. The van der Waals surface area contributed by atoms with Gasteiger partial charge in [0.2, 0.25) is 0 Å². The van der Waals surface area contributed by atoms with Gasteiger partial charge in [-0.2, -0.15) is 0 Å². The first-order valence-electron chi connectivity index (χ1n) is 4.74. The SMILES string of the molecule is CCCC(C(=O)O)c1ccc(F)cc1F. The van der Waals surface area contributed by atoms with Gasteiger partial charge in [-0.05, 0) is 12.5 Å². The molecular weight excluding hydrogens is 202 g/mol. The fourth-order valence-corrected chi connectivity index (χ4v) is 1.48. The molecule has 15 heavy (non-hydrogen) atoms. The highest BCUT2D eigenvalue weighted by Crippen LogP contribution is 2.24. The Morgan fingerprint density at radius 2 is 2.13 bits per heavy atom. The van der Waals surface area contributed by atoms with E-state index in [9.17, 15) is 13.6 Å². The number of aliphatic carboxylic acids is 1. The molecule has 0 amide bonds. The Balaban J connectivity index is 3.05. The van der Waals surface area contributed by atoms with Crippen LogP contribution in [0.1, 0.15) is 31.2 Å². The molecule has 0 saturated carbocycles. The first-order valence-corrected chi connectivity index (χ1v) is 4.74. The van der Waals surface area contributed by atoms with Crippen molar-refractivity contribution in [3.8, 4) is 0 Å². The van der Waals surface area contributed by atoms with Gasteiger partial charge in [-0.15, -0.1) is 0 Å². The van der Waals surface area contributed by atoms with Gasteiger partial charge < -0.3 is 5.11 Å². The Labute approximate surface area is 86.5 Å². The summed E-state index contributed by atoms with van der Waals surface area (Å²) in [5, 5.41) is 8.89. The zero-order valence-electron chi connectivity index (χ0n) is 8.34. The number of hydrogen-bond acceptors (Lipinski definition) is 1. The highest BCUT2D eigenvalue weighted by atomic mass is 19.1. The smallest absolute Gasteiger partial charge is 0.311 e. The van der Waals surface area contributed by atoms with Gasteiger partial charge in [-0.25, -0.2) is 8.78 Å². The average molecular weight is 214 g/mol. The Kier molecular flexibility index (Phi) is 3.77. The third kappa shape index (κ3) is 2.75. The number of hydrogen-bond donors (Lipinski definition) is 1. The normalized spacial score (nSPS) is 12.5. The summed E-state index contributed by atoms with van der Waals surface area (Å²) < 4.78 is 25.9. The molecule has 0 aliphatic rings. The highest BCUT2D eigenvalue weighted by molar-refractivity contribution is 5.76. The van der Waals surface area contributed by atoms with Crippen molar-refractivity contribution in [3.05, 3.63) is 35.4 Å². The zero-order chi connectivity index (χ0) is 11.4. The summed E-state index contributed by atoms with van der Waals surface area (Å²) in [7, 11) is 0. The lowest BCUT2D eigenvalue weighted by Crippen LogP contribution is -2.13. The molecule has 1 atom stereocenters. The van der Waals surface area contributed by atoms with Crippen molar-refractivity contribution >= 4 is 5.97 Å². The molecular formula is C11H12F2O2. The van der Waals surface area contributed by atoms with Crippen LogP contribution in [0.4, 0.5) is 8.78 Å². The van der Waals surface area contributed by atoms with E-state index in [0.717, 1.165) is 6.07 Å². The van der Waals surface area contributed by atoms with Crippen LogP contribution in [0.15, 0.2) is 18.2 Å². The van der Waals surface area contributed by atoms with Gasteiger partial charge in [0.25, 0.3) is 0 Å². The van der Waals surface area contributed by atoms with E-state index in [1.165, 1.54) is 6.07 Å². The van der Waals surface area contributed by atoms with Gasteiger partial charge in [0, 0.05) is 11.6 Å². The van der Waals surface area contributed by atoms with Gasteiger partial charge in [0.1, 0.15) is 11.6 Å². The van der Waals surface area contributed by atoms with Crippen LogP contribution in [0.5, 0.6) is 0 Å². The first-order chi connectivity index (χ1) is 7.06. The summed E-state index contributed by atoms with van der Waals surface area (Å²) in [4.78, 5) is 10.9. The lowest BCUT2D eigenvalue weighted by Gasteiger charge is -2.12. The zero-order valence-corrected chi connectivity index (χ0v) is 8.34. The predicted octanol–water partition coefficient (Wildman–Crippen LogP) is 2.93. The predicted molar refractivity (Wildman–Crippen MR) is 51.6 cm³/mol. The summed E-state index contributed by atoms with van der Waals surface area (Å²) in [6.45, 7) is 1.82. The molecule has 0 fully saturated rings. The third-order valence-electron chi connectivity index (χ3n) is 2.21. The van der Waals surface area contributed by atoms with Crippen molar-refractivity contribution in [3.63, 3.8) is 0 Å². The molecule has 2 nitrogen and oxygen atoms in total. The molecule has 0 saturated heterocycles. The third-order valence-corrected chi connectivity index (χ3v) is 2.21. The van der Waals surface area contributed by atoms with Crippen molar-refractivity contribution in [2.75, 3.05) is 0 Å². The van der Waals surface area contributed by atoms with Gasteiger partial charge in [0.05, 0.1) is 5.92 Å². The Morgan fingerprint density at radius 3 is 2.60 bits per heavy atom. The van der Waals surface area contributed by atoms with Crippen molar-refractivity contribution in [2.45, 2.75) is 25.7 Å². The molecule has 0 heterocycles. The molecule has 1 rings (SSSR count). The number of carboxylic acids is 1. The molecule has 0 bridgehead atoms. The topological polar surface area (TPSA) is 37.3 Å². The van der Waals surface area contributed by atoms with Crippen molar-refractivity contribution < 1.29 is 18.7 Å². The Hall–Kier alpha value is -1.45. The van der Waals surface area contributed by atoms with Gasteiger partial charge in [-0.3, -0.25) is 4.79 Å². The lowest BCUT2D eigenvalue weighted by molar-refractivity contribution is -0.139. The van der Waals surface area contributed by atoms with Crippen LogP contribution in [0.2, 0.25) is 0 Å². The molecule has 0 radical (unpaired) electrons. The van der Waals surface area contributed by atoms with Crippen LogP contribution < -0.4 is 0 Å². The average Bonchev–Trinajstić information content (AvgIpc) is 2.15. The molecule has 0 aromatic heterocycles. The second-order valence-corrected chi connectivity index (χ2v) is 3.35. The summed E-state index contributed by atoms with van der Waals surface area (Å²) in [6.07, 6.45) is 0.978. The number of benzene rings is 1. The maximum atomic E-state index is 13.3. The maximum absolute atomic E-state index is 13.3. The molecule has 1 unspecified atom stereocenters. The van der Waals surface area contributed by atoms with Crippen molar-refractivity contribution in [1.29, 1.82) is 0 Å². The van der Waals surface area contributed by atoms with E-state index >= 15 is 0 Å². The molecule has 0 spiro atoms. The molecule has 4 heteroatoms. The van der Waals surface area contributed by atoms with Gasteiger partial charge in [0.15, 0.2) is 0 Å². The lowest BCUT2D eigenvalue weighted by atomic mass is 9.94. The summed E-state index contributed by atoms with van der Waals surface area (Å²) in [6, 6.07) is 2.98. The summed E-state index contributed by atoms with van der Waals surface area (Å²) >= 11 is 0. The minimum atomic E-state index is -1.08. The molecule has 0 aliphatic carbocycles. The monoisotopic (exact) mass is 214 g/mol. The van der Waals surface area contributed by atoms with E-state index in [-0.39, 0.29) is 5.56 Å². The van der Waals surface area contributed by atoms with Crippen molar-refractivity contribution in [2.24, 2.45) is 0 Å². The van der Waals surface area contributed by atoms with E-state index in [4.69, 9.17) is 5.11 Å². The molecule has 1 aromatic carbocycles. The second kappa shape index (κ2) is 4.87. The van der Waals surface area contributed by atoms with Crippen molar-refractivity contribution in [1.82, 2.24) is 0 Å². The molecule has 82 valence electrons. The van der Waals surface area contributed by atoms with E-state index in [2.05, 4.69) is 0 Å². The fourth-order valence-electron chi connectivity index (χ4n) is 1.48. The van der Waals surface area contributed by atoms with Crippen LogP contribution in [0.3, 0.4) is 0 Å². The van der Waals surface area contributed by atoms with E-state index < -0.39 is 23.5 Å². The van der Waals surface area contributed by atoms with Crippen LogP contribution in [-0.2, 0) is 4.79 Å². The minimum absolute atomic E-state index is 0.0470. The number of carboxylic acid groups (broad SMARTS) is 1. The number of halogens is 2. The Morgan fingerprint density at radius 1 is 1.47 bits per heavy atom. The summed E-state index contributed by atoms with van der Waals surface area (Å²) in [5.74, 6) is -3.47. The highest BCUT2D eigenvalue weighted by Gasteiger charge is 2.22. The van der Waals surface area contributed by atoms with Crippen LogP contribution in [-0.4, -0.2) is 11.1 Å². The van der Waals surface area contributed by atoms with E-state index in [1.54, 1.807) is 0 Å². The van der Waals surface area contributed by atoms with Crippen LogP contribution in [0.25, 0.3) is 0 Å². The fraction of sp³-hybridized carbons (Fsp3) is 0.364. The maximum Gasteiger partial charge on any atom is 0.311 e. The second-order valence-electron chi connectivity index (χ2n) is 3.35. The van der Waals surface area contributed by atoms with Crippen LogP contribution in [0, 0.1) is 11.6 Å². The molecule has 1 N–H and O–H groups in total. The van der Waals surface area contributed by atoms with Crippen LogP contribution >= 0.6 is 0 Å². The number of rotatable bonds is 4. The van der Waals surface area contributed by atoms with Gasteiger partial charge in [-0.1, -0.05) is 19.4 Å². The Bertz CT molecular complexity index is 364. The standard InChI is InChI=1S/C11H12F2O2/c1-2-3-9(11(14)15)8-5-4-7(12)6-10(8)13/h4-6,9H,2-3H2,1H3,(H,14,15). The minimum Gasteiger partial charge on any atom is -0.481 e. The quantitative estimate of drug-likeness (QED) is 0.836. The van der Waals surface area contributed by atoms with E-state index in [1.807, 2.05) is 6.92 Å². The largest absolute Gasteiger partial charge is 0.481 e. The first kappa shape index (κ1) is 11.6. The molecule has 1 aromatic rings. The van der Waals surface area contributed by atoms with E-state index in [0.29, 0.717) is 18.9 Å². The number of carbonyl (C=O) groups is 1. The molecule has 0 aliphatic heterocycles.